The van der Waals surface area contributed by atoms with E-state index in [-0.39, 0.29) is 12.0 Å². The summed E-state index contributed by atoms with van der Waals surface area (Å²) in [5, 5.41) is 0. The molecule has 0 N–H and O–H groups in total. The first-order valence-corrected chi connectivity index (χ1v) is 6.62. The third kappa shape index (κ3) is 3.74. The van der Waals surface area contributed by atoms with Crippen LogP contribution in [0.4, 0.5) is 0 Å². The molecule has 0 spiro atoms. The van der Waals surface area contributed by atoms with E-state index in [1.807, 2.05) is 41.2 Å². The minimum atomic E-state index is -0.204. The first-order chi connectivity index (χ1) is 9.31. The number of carbonyl (C=O) groups is 1. The Morgan fingerprint density at radius 2 is 1.68 bits per heavy atom. The molecule has 0 aliphatic heterocycles. The average Bonchev–Trinajstić information content (AvgIpc) is 3.10. The van der Waals surface area contributed by atoms with Gasteiger partial charge in [0.05, 0.1) is 7.11 Å². The Balaban J connectivity index is 1.82. The number of hydrogen-bond donors (Lipinski definition) is 0. The molecule has 2 aromatic heterocycles. The number of ether oxygens (including phenoxy) is 1. The molecule has 0 aromatic carbocycles. The summed E-state index contributed by atoms with van der Waals surface area (Å²) < 4.78 is 8.95. The quantitative estimate of drug-likeness (QED) is 0.567. The van der Waals surface area contributed by atoms with Crippen molar-refractivity contribution in [3.8, 4) is 0 Å². The molecule has 0 amide bonds. The molecule has 0 aliphatic rings. The molecule has 4 nitrogen and oxygen atoms in total. The summed E-state index contributed by atoms with van der Waals surface area (Å²) in [5.41, 5.74) is 0. The summed E-state index contributed by atoms with van der Waals surface area (Å²) in [6.45, 7) is 0.993. The van der Waals surface area contributed by atoms with E-state index in [1.54, 1.807) is 0 Å². The summed E-state index contributed by atoms with van der Waals surface area (Å²) in [6.07, 6.45) is 10.8. The fourth-order valence-corrected chi connectivity index (χ4v) is 2.23. The highest BCUT2D eigenvalue weighted by Crippen LogP contribution is 2.17. The fourth-order valence-electron chi connectivity index (χ4n) is 2.23. The average molecular weight is 260 g/mol. The Bertz CT molecular complexity index is 474. The van der Waals surface area contributed by atoms with Crippen molar-refractivity contribution in [1.82, 2.24) is 9.13 Å². The predicted molar refractivity (Wildman–Crippen MR) is 73.8 cm³/mol. The molecular weight excluding hydrogens is 240 g/mol. The van der Waals surface area contributed by atoms with E-state index in [2.05, 4.69) is 17.0 Å². The first-order valence-electron chi connectivity index (χ1n) is 6.62. The summed E-state index contributed by atoms with van der Waals surface area (Å²) in [7, 11) is 1.44. The van der Waals surface area contributed by atoms with Crippen LogP contribution in [0.5, 0.6) is 0 Å². The minimum Gasteiger partial charge on any atom is -0.467 e. The van der Waals surface area contributed by atoms with E-state index in [0.29, 0.717) is 0 Å². The third-order valence-corrected chi connectivity index (χ3v) is 3.27. The van der Waals surface area contributed by atoms with Crippen molar-refractivity contribution in [3.63, 3.8) is 0 Å². The van der Waals surface area contributed by atoms with Crippen LogP contribution in [-0.2, 0) is 16.1 Å². The molecule has 19 heavy (non-hydrogen) atoms. The molecule has 4 heteroatoms. The van der Waals surface area contributed by atoms with Crippen LogP contribution < -0.4 is 0 Å². The molecule has 2 aromatic rings. The fraction of sp³-hybridized carbons (Fsp3) is 0.400. The first kappa shape index (κ1) is 13.5. The van der Waals surface area contributed by atoms with Gasteiger partial charge in [-0.3, -0.25) is 0 Å². The van der Waals surface area contributed by atoms with Crippen molar-refractivity contribution in [2.75, 3.05) is 7.11 Å². The highest BCUT2D eigenvalue weighted by molar-refractivity contribution is 5.74. The lowest BCUT2D eigenvalue weighted by molar-refractivity contribution is -0.144. The predicted octanol–water partition coefficient (Wildman–Crippen LogP) is 2.87. The SMILES string of the molecule is COC(=O)[C@H](CCCCn1cccc1)n1cccc1. The van der Waals surface area contributed by atoms with Crippen LogP contribution >= 0.6 is 0 Å². The number of hydrogen-bond acceptors (Lipinski definition) is 2. The Morgan fingerprint density at radius 1 is 1.05 bits per heavy atom. The maximum atomic E-state index is 11.8. The number of methoxy groups -OCH3 is 1. The van der Waals surface area contributed by atoms with Gasteiger partial charge >= 0.3 is 5.97 Å². The van der Waals surface area contributed by atoms with Crippen LogP contribution in [0.2, 0.25) is 0 Å². The maximum Gasteiger partial charge on any atom is 0.328 e. The topological polar surface area (TPSA) is 36.2 Å². The molecule has 0 bridgehead atoms. The number of unbranched alkanes of at least 4 members (excludes halogenated alkanes) is 1. The zero-order chi connectivity index (χ0) is 13.5. The molecular formula is C15H20N2O2. The Hall–Kier alpha value is -1.97. The molecule has 2 rings (SSSR count). The van der Waals surface area contributed by atoms with Crippen molar-refractivity contribution < 1.29 is 9.53 Å². The summed E-state index contributed by atoms with van der Waals surface area (Å²) in [5.74, 6) is -0.169. The van der Waals surface area contributed by atoms with Crippen LogP contribution in [0.3, 0.4) is 0 Å². The van der Waals surface area contributed by atoms with Gasteiger partial charge in [0.1, 0.15) is 6.04 Å². The van der Waals surface area contributed by atoms with Gasteiger partial charge in [-0.25, -0.2) is 4.79 Å². The van der Waals surface area contributed by atoms with E-state index >= 15 is 0 Å². The summed E-state index contributed by atoms with van der Waals surface area (Å²) in [6, 6.07) is 7.70. The van der Waals surface area contributed by atoms with Gasteiger partial charge in [0.25, 0.3) is 0 Å². The second-order valence-electron chi connectivity index (χ2n) is 4.59. The third-order valence-electron chi connectivity index (χ3n) is 3.27. The molecule has 2 heterocycles. The molecule has 102 valence electrons. The molecule has 0 saturated heterocycles. The van der Waals surface area contributed by atoms with Crippen LogP contribution in [0, 0.1) is 0 Å². The minimum absolute atomic E-state index is 0.169. The van der Waals surface area contributed by atoms with Gasteiger partial charge < -0.3 is 13.9 Å². The van der Waals surface area contributed by atoms with Gasteiger partial charge in [0.15, 0.2) is 0 Å². The highest BCUT2D eigenvalue weighted by Gasteiger charge is 2.19. The lowest BCUT2D eigenvalue weighted by atomic mass is 10.1. The number of aromatic nitrogens is 2. The summed E-state index contributed by atoms with van der Waals surface area (Å²) in [4.78, 5) is 11.8. The largest absolute Gasteiger partial charge is 0.467 e. The Morgan fingerprint density at radius 3 is 2.32 bits per heavy atom. The number of esters is 1. The number of aryl methyl sites for hydroxylation is 1. The molecule has 0 aliphatic carbocycles. The molecule has 0 saturated carbocycles. The van der Waals surface area contributed by atoms with Gasteiger partial charge in [0.2, 0.25) is 0 Å². The van der Waals surface area contributed by atoms with Gasteiger partial charge in [-0.15, -0.1) is 0 Å². The van der Waals surface area contributed by atoms with Crippen molar-refractivity contribution in [2.24, 2.45) is 0 Å². The van der Waals surface area contributed by atoms with Crippen LogP contribution in [0.1, 0.15) is 25.3 Å². The molecule has 0 radical (unpaired) electrons. The van der Waals surface area contributed by atoms with Gasteiger partial charge in [-0.2, -0.15) is 0 Å². The Labute approximate surface area is 113 Å². The number of rotatable bonds is 7. The lowest BCUT2D eigenvalue weighted by Gasteiger charge is -2.16. The second-order valence-corrected chi connectivity index (χ2v) is 4.59. The highest BCUT2D eigenvalue weighted by atomic mass is 16.5. The number of nitrogens with zero attached hydrogens (tertiary/aromatic N) is 2. The van der Waals surface area contributed by atoms with Gasteiger partial charge in [-0.1, -0.05) is 0 Å². The lowest BCUT2D eigenvalue weighted by Crippen LogP contribution is -2.19. The van der Waals surface area contributed by atoms with Crippen molar-refractivity contribution in [3.05, 3.63) is 49.1 Å². The number of carbonyl (C=O) groups excluding carboxylic acids is 1. The van der Waals surface area contributed by atoms with Crippen LogP contribution in [0.25, 0.3) is 0 Å². The van der Waals surface area contributed by atoms with Crippen molar-refractivity contribution in [2.45, 2.75) is 31.8 Å². The van der Waals surface area contributed by atoms with E-state index in [1.165, 1.54) is 7.11 Å². The zero-order valence-electron chi connectivity index (χ0n) is 11.2. The Kier molecular flexibility index (Phi) is 4.84. The summed E-state index contributed by atoms with van der Waals surface area (Å²) >= 11 is 0. The monoisotopic (exact) mass is 260 g/mol. The molecule has 1 atom stereocenters. The van der Waals surface area contributed by atoms with E-state index in [9.17, 15) is 4.79 Å². The molecule has 0 fully saturated rings. The molecule has 0 unspecified atom stereocenters. The smallest absolute Gasteiger partial charge is 0.328 e. The van der Waals surface area contributed by atoms with E-state index < -0.39 is 0 Å². The van der Waals surface area contributed by atoms with Crippen LogP contribution in [0.15, 0.2) is 49.1 Å². The second kappa shape index (κ2) is 6.83. The van der Waals surface area contributed by atoms with E-state index in [0.717, 1.165) is 25.8 Å². The van der Waals surface area contributed by atoms with Gasteiger partial charge in [0, 0.05) is 31.3 Å². The standard InChI is InChI=1S/C15H20N2O2/c1-19-15(18)14(17-12-6-7-13-17)8-2-3-9-16-10-4-5-11-16/h4-7,10-14H,2-3,8-9H2,1H3/t14-/m0/s1. The maximum absolute atomic E-state index is 11.8. The van der Waals surface area contributed by atoms with Crippen molar-refractivity contribution >= 4 is 5.97 Å². The van der Waals surface area contributed by atoms with Gasteiger partial charge in [-0.05, 0) is 43.5 Å². The van der Waals surface area contributed by atoms with E-state index in [4.69, 9.17) is 4.74 Å². The van der Waals surface area contributed by atoms with Crippen molar-refractivity contribution in [1.29, 1.82) is 0 Å². The normalized spacial score (nSPS) is 12.3. The zero-order valence-corrected chi connectivity index (χ0v) is 11.2. The van der Waals surface area contributed by atoms with Crippen LogP contribution in [-0.4, -0.2) is 22.2 Å².